The summed E-state index contributed by atoms with van der Waals surface area (Å²) in [5, 5.41) is 11.8. The van der Waals surface area contributed by atoms with Crippen molar-refractivity contribution in [2.24, 2.45) is 11.3 Å². The van der Waals surface area contributed by atoms with Crippen LogP contribution in [0.2, 0.25) is 0 Å². The normalized spacial score (nSPS) is 17.9. The van der Waals surface area contributed by atoms with Crippen molar-refractivity contribution in [1.29, 1.82) is 0 Å². The highest BCUT2D eigenvalue weighted by atomic mass is 16.2. The third kappa shape index (κ3) is 5.52. The van der Waals surface area contributed by atoms with E-state index in [0.29, 0.717) is 11.8 Å². The second-order valence-electron chi connectivity index (χ2n) is 6.48. The molecule has 1 fully saturated rings. The van der Waals surface area contributed by atoms with Gasteiger partial charge in [-0.1, -0.05) is 39.5 Å². The zero-order valence-corrected chi connectivity index (χ0v) is 12.7. The molecule has 0 heterocycles. The number of amides is 1. The van der Waals surface area contributed by atoms with Crippen LogP contribution in [-0.2, 0) is 4.79 Å². The Hall–Kier alpha value is -0.570. The quantitative estimate of drug-likeness (QED) is 0.631. The minimum absolute atomic E-state index is 0.0702. The zero-order chi connectivity index (χ0) is 14.1. The molecule has 0 bridgehead atoms. The van der Waals surface area contributed by atoms with Crippen LogP contribution >= 0.6 is 0 Å². The Morgan fingerprint density at radius 3 is 2.37 bits per heavy atom. The molecule has 0 aromatic rings. The first-order chi connectivity index (χ1) is 9.10. The predicted molar refractivity (Wildman–Crippen MR) is 78.9 cm³/mol. The van der Waals surface area contributed by atoms with Crippen molar-refractivity contribution in [2.45, 2.75) is 71.6 Å². The van der Waals surface area contributed by atoms with Crippen LogP contribution in [-0.4, -0.2) is 24.2 Å². The van der Waals surface area contributed by atoms with Crippen molar-refractivity contribution in [3.63, 3.8) is 0 Å². The van der Waals surface area contributed by atoms with E-state index in [2.05, 4.69) is 19.2 Å². The summed E-state index contributed by atoms with van der Waals surface area (Å²) in [6.07, 6.45) is 9.65. The highest BCUT2D eigenvalue weighted by molar-refractivity contribution is 5.82. The number of hydrogen-bond acceptors (Lipinski definition) is 2. The number of aliphatic hydroxyl groups is 1. The third-order valence-corrected chi connectivity index (χ3v) is 4.21. The molecule has 3 heteroatoms. The Labute approximate surface area is 118 Å². The van der Waals surface area contributed by atoms with Crippen LogP contribution < -0.4 is 5.32 Å². The van der Waals surface area contributed by atoms with Crippen molar-refractivity contribution in [2.75, 3.05) is 13.2 Å². The molecule has 0 atom stereocenters. The fourth-order valence-electron chi connectivity index (χ4n) is 3.34. The van der Waals surface area contributed by atoms with Gasteiger partial charge in [0.25, 0.3) is 0 Å². The first kappa shape index (κ1) is 16.5. The van der Waals surface area contributed by atoms with Crippen LogP contribution in [0.1, 0.15) is 71.6 Å². The number of unbranched alkanes of at least 4 members (excludes halogenated alkanes) is 3. The van der Waals surface area contributed by atoms with Gasteiger partial charge in [0.2, 0.25) is 5.91 Å². The van der Waals surface area contributed by atoms with Crippen LogP contribution in [0.5, 0.6) is 0 Å². The maximum atomic E-state index is 12.4. The van der Waals surface area contributed by atoms with E-state index in [0.717, 1.165) is 51.5 Å². The lowest BCUT2D eigenvalue weighted by molar-refractivity contribution is -0.131. The van der Waals surface area contributed by atoms with Gasteiger partial charge >= 0.3 is 0 Å². The lowest BCUT2D eigenvalue weighted by atomic mass is 9.77. The molecule has 0 aromatic carbocycles. The smallest absolute Gasteiger partial charge is 0.226 e. The summed E-state index contributed by atoms with van der Waals surface area (Å²) in [6, 6.07) is 0. The molecule has 1 aliphatic rings. The molecule has 2 N–H and O–H groups in total. The Balaban J connectivity index is 2.29. The molecule has 1 aliphatic carbocycles. The lowest BCUT2D eigenvalue weighted by Crippen LogP contribution is -2.40. The number of rotatable bonds is 9. The topological polar surface area (TPSA) is 49.3 Å². The largest absolute Gasteiger partial charge is 0.396 e. The molecule has 1 saturated carbocycles. The van der Waals surface area contributed by atoms with Crippen LogP contribution in [0.25, 0.3) is 0 Å². The van der Waals surface area contributed by atoms with E-state index in [-0.39, 0.29) is 12.0 Å². The van der Waals surface area contributed by atoms with Crippen molar-refractivity contribution in [3.05, 3.63) is 0 Å². The number of carbonyl (C=O) groups is 1. The molecule has 19 heavy (non-hydrogen) atoms. The van der Waals surface area contributed by atoms with Gasteiger partial charge in [-0.2, -0.15) is 0 Å². The van der Waals surface area contributed by atoms with Crippen molar-refractivity contribution < 1.29 is 9.90 Å². The highest BCUT2D eigenvalue weighted by Crippen LogP contribution is 2.43. The summed E-state index contributed by atoms with van der Waals surface area (Å²) < 4.78 is 0. The van der Waals surface area contributed by atoms with E-state index in [1.165, 1.54) is 12.8 Å². The molecule has 3 nitrogen and oxygen atoms in total. The number of carbonyl (C=O) groups excluding carboxylic acids is 1. The predicted octanol–water partition coefficient (Wildman–Crippen LogP) is 3.26. The molecule has 1 rings (SSSR count). The Kier molecular flexibility index (Phi) is 7.44. The monoisotopic (exact) mass is 269 g/mol. The van der Waals surface area contributed by atoms with E-state index >= 15 is 0 Å². The van der Waals surface area contributed by atoms with Gasteiger partial charge in [0.15, 0.2) is 0 Å². The minimum atomic E-state index is -0.0702. The SMILES string of the molecule is CC(C)CC1(C(=O)NCCCCCCO)CCCC1. The Morgan fingerprint density at radius 1 is 1.16 bits per heavy atom. The molecule has 0 saturated heterocycles. The number of aliphatic hydroxyl groups excluding tert-OH is 1. The second kappa shape index (κ2) is 8.57. The maximum Gasteiger partial charge on any atom is 0.226 e. The van der Waals surface area contributed by atoms with Gasteiger partial charge in [-0.05, 0) is 38.0 Å². The molecule has 1 amide bonds. The van der Waals surface area contributed by atoms with E-state index in [1.54, 1.807) is 0 Å². The summed E-state index contributed by atoms with van der Waals surface area (Å²) >= 11 is 0. The zero-order valence-electron chi connectivity index (χ0n) is 12.7. The average molecular weight is 269 g/mol. The van der Waals surface area contributed by atoms with Gasteiger partial charge in [-0.3, -0.25) is 4.79 Å². The molecule has 0 radical (unpaired) electrons. The van der Waals surface area contributed by atoms with Gasteiger partial charge in [-0.15, -0.1) is 0 Å². The fraction of sp³-hybridized carbons (Fsp3) is 0.938. The number of nitrogens with one attached hydrogen (secondary N) is 1. The first-order valence-corrected chi connectivity index (χ1v) is 8.00. The number of hydrogen-bond donors (Lipinski definition) is 2. The maximum absolute atomic E-state index is 12.4. The van der Waals surface area contributed by atoms with Gasteiger partial charge < -0.3 is 10.4 Å². The first-order valence-electron chi connectivity index (χ1n) is 8.00. The molecule has 0 aliphatic heterocycles. The van der Waals surface area contributed by atoms with E-state index in [9.17, 15) is 4.79 Å². The lowest BCUT2D eigenvalue weighted by Gasteiger charge is -2.29. The van der Waals surface area contributed by atoms with Crippen LogP contribution in [0.3, 0.4) is 0 Å². The molecular formula is C16H31NO2. The third-order valence-electron chi connectivity index (χ3n) is 4.21. The van der Waals surface area contributed by atoms with Gasteiger partial charge in [0.05, 0.1) is 0 Å². The highest BCUT2D eigenvalue weighted by Gasteiger charge is 2.40. The Morgan fingerprint density at radius 2 is 1.79 bits per heavy atom. The van der Waals surface area contributed by atoms with Crippen LogP contribution in [0.4, 0.5) is 0 Å². The summed E-state index contributed by atoms with van der Waals surface area (Å²) in [6.45, 7) is 5.50. The molecule has 0 aromatic heterocycles. The average Bonchev–Trinajstić information content (AvgIpc) is 2.82. The van der Waals surface area contributed by atoms with E-state index in [4.69, 9.17) is 5.11 Å². The Bertz CT molecular complexity index is 257. The van der Waals surface area contributed by atoms with Crippen LogP contribution in [0.15, 0.2) is 0 Å². The summed E-state index contributed by atoms with van der Waals surface area (Å²) in [4.78, 5) is 12.4. The molecular weight excluding hydrogens is 238 g/mol. The molecule has 0 spiro atoms. The van der Waals surface area contributed by atoms with Gasteiger partial charge in [0.1, 0.15) is 0 Å². The van der Waals surface area contributed by atoms with Crippen molar-refractivity contribution >= 4 is 5.91 Å². The minimum Gasteiger partial charge on any atom is -0.396 e. The van der Waals surface area contributed by atoms with Gasteiger partial charge in [-0.25, -0.2) is 0 Å². The summed E-state index contributed by atoms with van der Waals surface area (Å²) in [5.74, 6) is 0.884. The molecule has 0 unspecified atom stereocenters. The van der Waals surface area contributed by atoms with E-state index < -0.39 is 0 Å². The summed E-state index contributed by atoms with van der Waals surface area (Å²) in [5.41, 5.74) is -0.0702. The van der Waals surface area contributed by atoms with Gasteiger partial charge in [0, 0.05) is 18.6 Å². The van der Waals surface area contributed by atoms with Crippen molar-refractivity contribution in [1.82, 2.24) is 5.32 Å². The fourth-order valence-corrected chi connectivity index (χ4v) is 3.34. The standard InChI is InChI=1S/C16H31NO2/c1-14(2)13-16(9-5-6-10-16)15(19)17-11-7-3-4-8-12-18/h14,18H,3-13H2,1-2H3,(H,17,19). The molecule has 112 valence electrons. The van der Waals surface area contributed by atoms with E-state index in [1.807, 2.05) is 0 Å². The summed E-state index contributed by atoms with van der Waals surface area (Å²) in [7, 11) is 0. The van der Waals surface area contributed by atoms with Crippen molar-refractivity contribution in [3.8, 4) is 0 Å². The van der Waals surface area contributed by atoms with Crippen LogP contribution in [0, 0.1) is 11.3 Å². The second-order valence-corrected chi connectivity index (χ2v) is 6.48.